The summed E-state index contributed by atoms with van der Waals surface area (Å²) in [5.41, 5.74) is 4.76. The van der Waals surface area contributed by atoms with Gasteiger partial charge in [0.2, 0.25) is 5.95 Å². The van der Waals surface area contributed by atoms with Crippen LogP contribution in [0.2, 0.25) is 0 Å². The Hall–Kier alpha value is -4.08. The summed E-state index contributed by atoms with van der Waals surface area (Å²) in [4.78, 5) is 27.2. The summed E-state index contributed by atoms with van der Waals surface area (Å²) in [7, 11) is 0. The van der Waals surface area contributed by atoms with E-state index in [0.29, 0.717) is 37.4 Å². The SMILES string of the molecule is Cc1nc2ccc(-c3cnc(N4CC[C@@H](C(=O)O)[C@H](C)C4)nc3)cn2c1Cc1ccccc1OC(F)F. The van der Waals surface area contributed by atoms with Crippen molar-refractivity contribution in [1.82, 2.24) is 19.4 Å². The molecule has 0 spiro atoms. The van der Waals surface area contributed by atoms with Crippen molar-refractivity contribution < 1.29 is 23.4 Å². The van der Waals surface area contributed by atoms with Crippen LogP contribution < -0.4 is 9.64 Å². The Morgan fingerprint density at radius 3 is 2.62 bits per heavy atom. The quantitative estimate of drug-likeness (QED) is 0.383. The van der Waals surface area contributed by atoms with E-state index in [4.69, 9.17) is 4.74 Å². The van der Waals surface area contributed by atoms with E-state index in [1.807, 2.05) is 41.5 Å². The average molecular weight is 508 g/mol. The van der Waals surface area contributed by atoms with Gasteiger partial charge in [-0.2, -0.15) is 8.78 Å². The number of nitrogens with zero attached hydrogens (tertiary/aromatic N) is 5. The van der Waals surface area contributed by atoms with Gasteiger partial charge in [-0.05, 0) is 37.5 Å². The second-order valence-electron chi connectivity index (χ2n) is 9.38. The first-order valence-corrected chi connectivity index (χ1v) is 12.1. The Balaban J connectivity index is 1.40. The molecule has 5 rings (SSSR count). The smallest absolute Gasteiger partial charge is 0.387 e. The second-order valence-corrected chi connectivity index (χ2v) is 9.38. The van der Waals surface area contributed by atoms with Crippen LogP contribution in [0.1, 0.15) is 30.3 Å². The van der Waals surface area contributed by atoms with Gasteiger partial charge in [0, 0.05) is 60.5 Å². The van der Waals surface area contributed by atoms with Gasteiger partial charge in [-0.3, -0.25) is 4.79 Å². The van der Waals surface area contributed by atoms with Crippen LogP contribution in [-0.2, 0) is 11.2 Å². The fourth-order valence-corrected chi connectivity index (χ4v) is 4.96. The van der Waals surface area contributed by atoms with E-state index in [0.717, 1.165) is 28.2 Å². The maximum atomic E-state index is 12.9. The highest BCUT2D eigenvalue weighted by Crippen LogP contribution is 2.29. The average Bonchev–Trinajstić information content (AvgIpc) is 3.18. The third kappa shape index (κ3) is 5.09. The number of rotatable bonds is 7. The zero-order chi connectivity index (χ0) is 26.1. The lowest BCUT2D eigenvalue weighted by atomic mass is 9.87. The molecule has 4 aromatic rings. The summed E-state index contributed by atoms with van der Waals surface area (Å²) in [6.07, 6.45) is 6.39. The molecule has 37 heavy (non-hydrogen) atoms. The van der Waals surface area contributed by atoms with Gasteiger partial charge in [0.1, 0.15) is 11.4 Å². The molecule has 0 amide bonds. The van der Waals surface area contributed by atoms with Crippen LogP contribution in [0.15, 0.2) is 55.0 Å². The van der Waals surface area contributed by atoms with Gasteiger partial charge in [-0.25, -0.2) is 15.0 Å². The Morgan fingerprint density at radius 1 is 1.16 bits per heavy atom. The zero-order valence-corrected chi connectivity index (χ0v) is 20.5. The Labute approximate surface area is 212 Å². The third-order valence-corrected chi connectivity index (χ3v) is 6.94. The monoisotopic (exact) mass is 507 g/mol. The molecule has 0 radical (unpaired) electrons. The van der Waals surface area contributed by atoms with Crippen LogP contribution in [0.4, 0.5) is 14.7 Å². The number of benzene rings is 1. The van der Waals surface area contributed by atoms with Crippen molar-refractivity contribution >= 4 is 17.6 Å². The summed E-state index contributed by atoms with van der Waals surface area (Å²) in [6.45, 7) is 2.13. The molecule has 0 saturated carbocycles. The Bertz CT molecular complexity index is 1420. The van der Waals surface area contributed by atoms with Gasteiger partial charge in [-0.15, -0.1) is 0 Å². The van der Waals surface area contributed by atoms with E-state index in [1.165, 1.54) is 6.07 Å². The number of carboxylic acids is 1. The van der Waals surface area contributed by atoms with E-state index >= 15 is 0 Å². The van der Waals surface area contributed by atoms with Gasteiger partial charge in [0.15, 0.2) is 0 Å². The molecule has 4 heterocycles. The molecule has 1 aromatic carbocycles. The molecular weight excluding hydrogens is 480 g/mol. The largest absolute Gasteiger partial charge is 0.481 e. The summed E-state index contributed by atoms with van der Waals surface area (Å²) < 4.78 is 32.4. The molecular formula is C27H27F2N5O3. The molecule has 10 heteroatoms. The van der Waals surface area contributed by atoms with Crippen molar-refractivity contribution in [2.24, 2.45) is 11.8 Å². The minimum Gasteiger partial charge on any atom is -0.481 e. The van der Waals surface area contributed by atoms with Crippen molar-refractivity contribution in [1.29, 1.82) is 0 Å². The number of aryl methyl sites for hydroxylation is 1. The molecule has 0 unspecified atom stereocenters. The number of hydrogen-bond acceptors (Lipinski definition) is 6. The number of alkyl halides is 2. The lowest BCUT2D eigenvalue weighted by Crippen LogP contribution is -2.42. The number of imidazole rings is 1. The fraction of sp³-hybridized carbons (Fsp3) is 0.333. The van der Waals surface area contributed by atoms with Gasteiger partial charge in [-0.1, -0.05) is 25.1 Å². The normalized spacial score (nSPS) is 17.9. The highest BCUT2D eigenvalue weighted by molar-refractivity contribution is 5.71. The molecule has 192 valence electrons. The number of hydrogen-bond donors (Lipinski definition) is 1. The van der Waals surface area contributed by atoms with Crippen molar-refractivity contribution in [2.75, 3.05) is 18.0 Å². The first-order chi connectivity index (χ1) is 17.8. The van der Waals surface area contributed by atoms with Crippen LogP contribution in [0.3, 0.4) is 0 Å². The number of fused-ring (bicyclic) bond motifs is 1. The minimum absolute atomic E-state index is 0.0102. The standard InChI is InChI=1S/C27H27F2N5O3/c1-16-14-33(10-9-21(16)25(35)36)27-30-12-20(13-31-27)19-7-8-24-32-17(2)22(34(24)15-19)11-18-5-3-4-6-23(18)37-26(28)29/h3-8,12-13,15-16,21,26H,9-11,14H2,1-2H3,(H,35,36)/t16-,21-/m1/s1. The molecule has 1 aliphatic rings. The van der Waals surface area contributed by atoms with E-state index in [1.54, 1.807) is 30.6 Å². The van der Waals surface area contributed by atoms with Crippen LogP contribution in [0.5, 0.6) is 5.75 Å². The molecule has 8 nitrogen and oxygen atoms in total. The highest BCUT2D eigenvalue weighted by atomic mass is 19.3. The number of aromatic nitrogens is 4. The fourth-order valence-electron chi connectivity index (χ4n) is 4.96. The van der Waals surface area contributed by atoms with Gasteiger partial charge < -0.3 is 19.1 Å². The summed E-state index contributed by atoms with van der Waals surface area (Å²) >= 11 is 0. The lowest BCUT2D eigenvalue weighted by Gasteiger charge is -2.34. The predicted octanol–water partition coefficient (Wildman–Crippen LogP) is 4.84. The topological polar surface area (TPSA) is 92.9 Å². The highest BCUT2D eigenvalue weighted by Gasteiger charge is 2.32. The van der Waals surface area contributed by atoms with E-state index in [2.05, 4.69) is 15.0 Å². The molecule has 3 aromatic heterocycles. The van der Waals surface area contributed by atoms with Crippen molar-refractivity contribution in [3.63, 3.8) is 0 Å². The summed E-state index contributed by atoms with van der Waals surface area (Å²) in [5.74, 6) is -0.359. The van der Waals surface area contributed by atoms with Crippen molar-refractivity contribution in [2.45, 2.75) is 33.3 Å². The van der Waals surface area contributed by atoms with Gasteiger partial charge >= 0.3 is 12.6 Å². The lowest BCUT2D eigenvalue weighted by molar-refractivity contribution is -0.144. The first-order valence-electron chi connectivity index (χ1n) is 12.1. The maximum Gasteiger partial charge on any atom is 0.387 e. The van der Waals surface area contributed by atoms with E-state index in [9.17, 15) is 18.7 Å². The van der Waals surface area contributed by atoms with E-state index in [-0.39, 0.29) is 17.6 Å². The molecule has 1 N–H and O–H groups in total. The van der Waals surface area contributed by atoms with Crippen LogP contribution in [0, 0.1) is 18.8 Å². The number of carbonyl (C=O) groups is 1. The summed E-state index contributed by atoms with van der Waals surface area (Å²) in [6, 6.07) is 10.6. The number of carboxylic acid groups (broad SMARTS) is 1. The maximum absolute atomic E-state index is 12.9. The van der Waals surface area contributed by atoms with Crippen LogP contribution in [0.25, 0.3) is 16.8 Å². The van der Waals surface area contributed by atoms with Crippen LogP contribution in [-0.4, -0.2) is 50.1 Å². The third-order valence-electron chi connectivity index (χ3n) is 6.94. The second kappa shape index (κ2) is 10.1. The predicted molar refractivity (Wildman–Crippen MR) is 134 cm³/mol. The molecule has 0 bridgehead atoms. The molecule has 1 aliphatic heterocycles. The van der Waals surface area contributed by atoms with E-state index < -0.39 is 12.6 Å². The zero-order valence-electron chi connectivity index (χ0n) is 20.5. The molecule has 0 aliphatic carbocycles. The number of para-hydroxylation sites is 1. The number of pyridine rings is 1. The van der Waals surface area contributed by atoms with Crippen LogP contribution >= 0.6 is 0 Å². The number of halogens is 2. The minimum atomic E-state index is -2.90. The van der Waals surface area contributed by atoms with Gasteiger partial charge in [0.25, 0.3) is 0 Å². The molecule has 2 atom stereocenters. The van der Waals surface area contributed by atoms with Crippen molar-refractivity contribution in [3.05, 3.63) is 71.9 Å². The first kappa shape index (κ1) is 24.6. The van der Waals surface area contributed by atoms with Gasteiger partial charge in [0.05, 0.1) is 11.6 Å². The Kier molecular flexibility index (Phi) is 6.73. The number of piperidine rings is 1. The number of aliphatic carboxylic acids is 1. The number of anilines is 1. The Morgan fingerprint density at radius 2 is 1.92 bits per heavy atom. The molecule has 1 fully saturated rings. The summed E-state index contributed by atoms with van der Waals surface area (Å²) in [5, 5.41) is 9.36. The molecule has 1 saturated heterocycles. The van der Waals surface area contributed by atoms with Crippen molar-refractivity contribution in [3.8, 4) is 16.9 Å². The number of ether oxygens (including phenoxy) is 1.